The van der Waals surface area contributed by atoms with E-state index in [0.29, 0.717) is 0 Å². The fourth-order valence-corrected chi connectivity index (χ4v) is 4.10. The molecule has 2 fully saturated rings. The third-order valence-corrected chi connectivity index (χ3v) is 5.41. The molecule has 0 aliphatic heterocycles. The minimum Gasteiger partial charge on any atom is -0.0883 e. The van der Waals surface area contributed by atoms with Crippen molar-refractivity contribution in [3.8, 4) is 0 Å². The maximum Gasteiger partial charge on any atom is -0.0210 e. The van der Waals surface area contributed by atoms with E-state index in [0.717, 1.165) is 11.8 Å². The van der Waals surface area contributed by atoms with Gasteiger partial charge in [0.25, 0.3) is 0 Å². The molecule has 0 amide bonds. The highest BCUT2D eigenvalue weighted by molar-refractivity contribution is 5.07. The van der Waals surface area contributed by atoms with Gasteiger partial charge in [-0.3, -0.25) is 0 Å². The van der Waals surface area contributed by atoms with Crippen LogP contribution in [0.15, 0.2) is 12.2 Å². The van der Waals surface area contributed by atoms with Crippen LogP contribution in [0.1, 0.15) is 90.9 Å². The number of hydrogen-bond donors (Lipinski definition) is 0. The molecule has 2 saturated carbocycles. The van der Waals surface area contributed by atoms with Crippen LogP contribution in [0, 0.1) is 23.7 Å². The first-order valence-electron chi connectivity index (χ1n) is 9.18. The predicted octanol–water partition coefficient (Wildman–Crippen LogP) is 6.67. The van der Waals surface area contributed by atoms with Crippen molar-refractivity contribution in [3.63, 3.8) is 0 Å². The zero-order valence-electron chi connectivity index (χ0n) is 13.8. The number of allylic oxidation sites excluding steroid dienone is 2. The molecule has 0 N–H and O–H groups in total. The van der Waals surface area contributed by atoms with Crippen LogP contribution in [0.5, 0.6) is 0 Å². The summed E-state index contributed by atoms with van der Waals surface area (Å²) in [6.45, 7) is 4.59. The van der Waals surface area contributed by atoms with Gasteiger partial charge in [-0.25, -0.2) is 0 Å². The van der Waals surface area contributed by atoms with E-state index in [1.165, 1.54) is 77.0 Å². The van der Waals surface area contributed by atoms with Gasteiger partial charge in [-0.15, -0.1) is 0 Å². The Morgan fingerprint density at radius 2 is 1.60 bits per heavy atom. The summed E-state index contributed by atoms with van der Waals surface area (Å²) in [5, 5.41) is 0. The van der Waals surface area contributed by atoms with Gasteiger partial charge in [-0.1, -0.05) is 38.8 Å². The maximum absolute atomic E-state index is 2.51. The summed E-state index contributed by atoms with van der Waals surface area (Å²) in [7, 11) is 0. The Morgan fingerprint density at radius 3 is 2.20 bits per heavy atom. The zero-order chi connectivity index (χ0) is 14.2. The number of hydrogen-bond acceptors (Lipinski definition) is 0. The Morgan fingerprint density at radius 1 is 0.900 bits per heavy atom. The highest BCUT2D eigenvalue weighted by atomic mass is 14.3. The maximum atomic E-state index is 2.51. The molecular weight excluding hydrogens is 240 g/mol. The van der Waals surface area contributed by atoms with E-state index >= 15 is 0 Å². The summed E-state index contributed by atoms with van der Waals surface area (Å²) in [6, 6.07) is 0. The number of rotatable bonds is 6. The van der Waals surface area contributed by atoms with Crippen molar-refractivity contribution in [3.05, 3.63) is 24.0 Å². The Hall–Kier alpha value is -0.260. The molecular formula is C20H34. The minimum atomic E-state index is 0.885. The van der Waals surface area contributed by atoms with Crippen molar-refractivity contribution in [2.45, 2.75) is 90.9 Å². The van der Waals surface area contributed by atoms with E-state index in [9.17, 15) is 0 Å². The van der Waals surface area contributed by atoms with Crippen molar-refractivity contribution in [1.82, 2.24) is 0 Å². The van der Waals surface area contributed by atoms with E-state index in [-0.39, 0.29) is 0 Å². The first-order valence-corrected chi connectivity index (χ1v) is 9.18. The summed E-state index contributed by atoms with van der Waals surface area (Å²) in [4.78, 5) is 0. The average Bonchev–Trinajstić information content (AvgIpc) is 2.49. The van der Waals surface area contributed by atoms with Crippen LogP contribution >= 0.6 is 0 Å². The molecule has 0 nitrogen and oxygen atoms in total. The van der Waals surface area contributed by atoms with Crippen LogP contribution in [0.3, 0.4) is 0 Å². The summed E-state index contributed by atoms with van der Waals surface area (Å²) in [5.41, 5.74) is 0. The van der Waals surface area contributed by atoms with Gasteiger partial charge in [0.2, 0.25) is 0 Å². The Balaban J connectivity index is 1.67. The molecule has 0 aromatic heterocycles. The molecule has 2 aliphatic carbocycles. The first kappa shape index (κ1) is 16.1. The SMILES string of the molecule is CCC/C=C/C1CC[C](C2CC[C](CCC)CC2)CC1. The van der Waals surface area contributed by atoms with Crippen LogP contribution in [0.2, 0.25) is 0 Å². The lowest BCUT2D eigenvalue weighted by Crippen LogP contribution is -2.23. The predicted molar refractivity (Wildman–Crippen MR) is 89.4 cm³/mol. The fraction of sp³-hybridized carbons (Fsp3) is 0.800. The molecule has 0 bridgehead atoms. The van der Waals surface area contributed by atoms with Gasteiger partial charge in [0.1, 0.15) is 0 Å². The third-order valence-electron chi connectivity index (χ3n) is 5.41. The molecule has 0 aromatic carbocycles. The lowest BCUT2D eigenvalue weighted by molar-refractivity contribution is 0.310. The number of unbranched alkanes of at least 4 members (excludes halogenated alkanes) is 1. The largest absolute Gasteiger partial charge is 0.0883 e. The lowest BCUT2D eigenvalue weighted by Gasteiger charge is -2.36. The molecule has 0 heterocycles. The molecule has 0 heteroatoms. The fourth-order valence-electron chi connectivity index (χ4n) is 4.10. The molecule has 0 aromatic rings. The van der Waals surface area contributed by atoms with E-state index < -0.39 is 0 Å². The smallest absolute Gasteiger partial charge is 0.0210 e. The Bertz CT molecular complexity index is 262. The summed E-state index contributed by atoms with van der Waals surface area (Å²) >= 11 is 0. The van der Waals surface area contributed by atoms with Gasteiger partial charge in [-0.2, -0.15) is 0 Å². The quantitative estimate of drug-likeness (QED) is 0.474. The monoisotopic (exact) mass is 274 g/mol. The van der Waals surface area contributed by atoms with Gasteiger partial charge < -0.3 is 0 Å². The second kappa shape index (κ2) is 8.90. The molecule has 0 atom stereocenters. The van der Waals surface area contributed by atoms with Crippen molar-refractivity contribution in [2.24, 2.45) is 11.8 Å². The van der Waals surface area contributed by atoms with Crippen LogP contribution in [0.25, 0.3) is 0 Å². The van der Waals surface area contributed by atoms with Crippen molar-refractivity contribution >= 4 is 0 Å². The average molecular weight is 274 g/mol. The van der Waals surface area contributed by atoms with E-state index in [2.05, 4.69) is 26.0 Å². The highest BCUT2D eigenvalue weighted by Crippen LogP contribution is 2.44. The van der Waals surface area contributed by atoms with Crippen LogP contribution < -0.4 is 0 Å². The Kier molecular flexibility index (Phi) is 7.17. The first-order chi connectivity index (χ1) is 9.83. The normalized spacial score (nSPS) is 24.7. The summed E-state index contributed by atoms with van der Waals surface area (Å²) in [6.07, 6.45) is 21.8. The van der Waals surface area contributed by atoms with E-state index in [4.69, 9.17) is 0 Å². The van der Waals surface area contributed by atoms with Gasteiger partial charge in [0.15, 0.2) is 0 Å². The van der Waals surface area contributed by atoms with Crippen molar-refractivity contribution < 1.29 is 0 Å². The van der Waals surface area contributed by atoms with Gasteiger partial charge in [0.05, 0.1) is 0 Å². The second-order valence-electron chi connectivity index (χ2n) is 6.99. The molecule has 0 saturated heterocycles. The molecule has 2 radical (unpaired) electrons. The summed E-state index contributed by atoms with van der Waals surface area (Å²) in [5.74, 6) is 5.66. The van der Waals surface area contributed by atoms with Crippen LogP contribution in [-0.4, -0.2) is 0 Å². The minimum absolute atomic E-state index is 0.885. The van der Waals surface area contributed by atoms with Gasteiger partial charge in [-0.05, 0) is 87.9 Å². The molecule has 2 aliphatic rings. The zero-order valence-corrected chi connectivity index (χ0v) is 13.8. The van der Waals surface area contributed by atoms with Crippen molar-refractivity contribution in [1.29, 1.82) is 0 Å². The third kappa shape index (κ3) is 4.93. The van der Waals surface area contributed by atoms with E-state index in [1.54, 1.807) is 0 Å². The highest BCUT2D eigenvalue weighted by Gasteiger charge is 2.30. The lowest BCUT2D eigenvalue weighted by atomic mass is 9.68. The Labute approximate surface area is 127 Å². The molecule has 114 valence electrons. The molecule has 2 rings (SSSR count). The molecule has 0 unspecified atom stereocenters. The summed E-state index contributed by atoms with van der Waals surface area (Å²) < 4.78 is 0. The second-order valence-corrected chi connectivity index (χ2v) is 6.99. The van der Waals surface area contributed by atoms with Crippen LogP contribution in [0.4, 0.5) is 0 Å². The topological polar surface area (TPSA) is 0 Å². The van der Waals surface area contributed by atoms with Gasteiger partial charge >= 0.3 is 0 Å². The van der Waals surface area contributed by atoms with Gasteiger partial charge in [0, 0.05) is 0 Å². The molecule has 20 heavy (non-hydrogen) atoms. The van der Waals surface area contributed by atoms with Crippen LogP contribution in [-0.2, 0) is 0 Å². The van der Waals surface area contributed by atoms with Crippen molar-refractivity contribution in [2.75, 3.05) is 0 Å². The van der Waals surface area contributed by atoms with E-state index in [1.807, 2.05) is 11.8 Å². The molecule has 0 spiro atoms. The standard InChI is InChI=1S/C20H34/c1-3-5-6-8-18-11-15-20(16-12-18)19-13-9-17(7-4-2)10-14-19/h6,8,18-19H,3-5,7,9-16H2,1-2H3/b8-6+.